The highest BCUT2D eigenvalue weighted by molar-refractivity contribution is 5.90. The molecule has 0 amide bonds. The Morgan fingerprint density at radius 2 is 2.16 bits per heavy atom. The Morgan fingerprint density at radius 3 is 2.84 bits per heavy atom. The first kappa shape index (κ1) is 13.5. The van der Waals surface area contributed by atoms with Crippen molar-refractivity contribution in [3.63, 3.8) is 0 Å². The van der Waals surface area contributed by atoms with Gasteiger partial charge in [-0.3, -0.25) is 0 Å². The Labute approximate surface area is 112 Å². The van der Waals surface area contributed by atoms with Crippen molar-refractivity contribution >= 4 is 22.7 Å². The molecule has 2 aromatic rings. The van der Waals surface area contributed by atoms with Gasteiger partial charge in [0, 0.05) is 11.9 Å². The van der Waals surface area contributed by atoms with Gasteiger partial charge in [0.1, 0.15) is 5.82 Å². The number of nitrogens with two attached hydrogens (primary N) is 1. The first-order valence-corrected chi connectivity index (χ1v) is 6.61. The van der Waals surface area contributed by atoms with E-state index < -0.39 is 6.10 Å². The van der Waals surface area contributed by atoms with Gasteiger partial charge in [0.2, 0.25) is 5.95 Å². The molecule has 0 fully saturated rings. The zero-order valence-corrected chi connectivity index (χ0v) is 11.3. The number of hydrogen-bond donors (Lipinski definition) is 3. The number of rotatable bonds is 5. The Morgan fingerprint density at radius 1 is 1.37 bits per heavy atom. The van der Waals surface area contributed by atoms with E-state index in [0.717, 1.165) is 41.7 Å². The maximum atomic E-state index is 9.66. The summed E-state index contributed by atoms with van der Waals surface area (Å²) in [6, 6.07) is 5.63. The van der Waals surface area contributed by atoms with Crippen LogP contribution in [0.15, 0.2) is 18.2 Å². The summed E-state index contributed by atoms with van der Waals surface area (Å²) in [5, 5.41) is 13.8. The van der Waals surface area contributed by atoms with Crippen LogP contribution in [-0.2, 0) is 0 Å². The zero-order chi connectivity index (χ0) is 13.8. The third-order valence-corrected chi connectivity index (χ3v) is 3.04. The SMILES string of the molecule is CCCCNc1nc(N)nc2ccc(C(C)O)cc12. The van der Waals surface area contributed by atoms with Gasteiger partial charge in [0.05, 0.1) is 11.6 Å². The lowest BCUT2D eigenvalue weighted by Crippen LogP contribution is -2.07. The van der Waals surface area contributed by atoms with Gasteiger partial charge in [-0.15, -0.1) is 0 Å². The maximum absolute atomic E-state index is 9.66. The number of unbranched alkanes of at least 4 members (excludes halogenated alkanes) is 1. The number of anilines is 2. The molecule has 19 heavy (non-hydrogen) atoms. The minimum absolute atomic E-state index is 0.260. The van der Waals surface area contributed by atoms with Crippen LogP contribution in [0.3, 0.4) is 0 Å². The van der Waals surface area contributed by atoms with Crippen molar-refractivity contribution in [2.75, 3.05) is 17.6 Å². The summed E-state index contributed by atoms with van der Waals surface area (Å²) in [5.74, 6) is 0.995. The molecule has 0 aliphatic carbocycles. The number of hydrogen-bond acceptors (Lipinski definition) is 5. The molecule has 1 atom stereocenters. The second-order valence-electron chi connectivity index (χ2n) is 4.66. The molecule has 1 aromatic heterocycles. The fourth-order valence-electron chi connectivity index (χ4n) is 1.94. The first-order valence-electron chi connectivity index (χ1n) is 6.61. The normalized spacial score (nSPS) is 12.6. The van der Waals surface area contributed by atoms with Crippen molar-refractivity contribution in [1.29, 1.82) is 0 Å². The molecule has 0 bridgehead atoms. The van der Waals surface area contributed by atoms with Crippen LogP contribution in [-0.4, -0.2) is 21.6 Å². The number of nitrogens with one attached hydrogen (secondary N) is 1. The lowest BCUT2D eigenvalue weighted by molar-refractivity contribution is 0.199. The predicted octanol–water partition coefficient (Wildman–Crippen LogP) is 2.48. The number of aliphatic hydroxyl groups excluding tert-OH is 1. The van der Waals surface area contributed by atoms with E-state index in [9.17, 15) is 5.11 Å². The average Bonchev–Trinajstić information content (AvgIpc) is 2.38. The molecule has 0 saturated carbocycles. The lowest BCUT2D eigenvalue weighted by Gasteiger charge is -2.11. The number of benzene rings is 1. The van der Waals surface area contributed by atoms with Crippen molar-refractivity contribution < 1.29 is 5.11 Å². The lowest BCUT2D eigenvalue weighted by atomic mass is 10.1. The third-order valence-electron chi connectivity index (χ3n) is 3.04. The van der Waals surface area contributed by atoms with Crippen molar-refractivity contribution in [1.82, 2.24) is 9.97 Å². The molecular formula is C14H20N4O. The van der Waals surface area contributed by atoms with Gasteiger partial charge in [-0.1, -0.05) is 19.4 Å². The van der Waals surface area contributed by atoms with E-state index in [1.165, 1.54) is 0 Å². The Kier molecular flexibility index (Phi) is 4.16. The molecule has 0 aliphatic rings. The molecule has 1 unspecified atom stereocenters. The summed E-state index contributed by atoms with van der Waals surface area (Å²) in [6.07, 6.45) is 1.68. The minimum Gasteiger partial charge on any atom is -0.389 e. The van der Waals surface area contributed by atoms with Crippen LogP contribution in [0.4, 0.5) is 11.8 Å². The molecular weight excluding hydrogens is 240 g/mol. The van der Waals surface area contributed by atoms with Crippen LogP contribution in [0.2, 0.25) is 0 Å². The van der Waals surface area contributed by atoms with E-state index in [2.05, 4.69) is 22.2 Å². The molecule has 0 saturated heterocycles. The highest BCUT2D eigenvalue weighted by Gasteiger charge is 2.09. The molecule has 4 N–H and O–H groups in total. The maximum Gasteiger partial charge on any atom is 0.222 e. The van der Waals surface area contributed by atoms with Gasteiger partial charge in [-0.05, 0) is 31.0 Å². The summed E-state index contributed by atoms with van der Waals surface area (Å²) in [7, 11) is 0. The zero-order valence-electron chi connectivity index (χ0n) is 11.3. The number of aromatic nitrogens is 2. The predicted molar refractivity (Wildman–Crippen MR) is 78.0 cm³/mol. The Balaban J connectivity index is 2.43. The van der Waals surface area contributed by atoms with Crippen LogP contribution in [0.1, 0.15) is 38.4 Å². The molecule has 0 radical (unpaired) electrons. The van der Waals surface area contributed by atoms with Crippen LogP contribution < -0.4 is 11.1 Å². The molecule has 102 valence electrons. The van der Waals surface area contributed by atoms with Gasteiger partial charge in [0.15, 0.2) is 0 Å². The standard InChI is InChI=1S/C14H20N4O/c1-3-4-7-16-13-11-8-10(9(2)19)5-6-12(11)17-14(15)18-13/h5-6,8-9,19H,3-4,7H2,1-2H3,(H3,15,16,17,18). The third kappa shape index (κ3) is 3.12. The quantitative estimate of drug-likeness (QED) is 0.719. The van der Waals surface area contributed by atoms with E-state index in [1.54, 1.807) is 6.92 Å². The number of fused-ring (bicyclic) bond motifs is 1. The Bertz CT molecular complexity index is 569. The van der Waals surface area contributed by atoms with E-state index in [1.807, 2.05) is 18.2 Å². The van der Waals surface area contributed by atoms with Crippen molar-refractivity contribution in [2.24, 2.45) is 0 Å². The second-order valence-corrected chi connectivity index (χ2v) is 4.66. The van der Waals surface area contributed by atoms with Crippen LogP contribution in [0, 0.1) is 0 Å². The first-order chi connectivity index (χ1) is 9.11. The number of nitrogens with zero attached hydrogens (tertiary/aromatic N) is 2. The van der Waals surface area contributed by atoms with Crippen LogP contribution in [0.5, 0.6) is 0 Å². The van der Waals surface area contributed by atoms with Gasteiger partial charge in [-0.25, -0.2) is 4.98 Å². The van der Waals surface area contributed by atoms with Gasteiger partial charge >= 0.3 is 0 Å². The largest absolute Gasteiger partial charge is 0.389 e. The molecule has 5 heteroatoms. The fraction of sp³-hybridized carbons (Fsp3) is 0.429. The number of nitrogen functional groups attached to an aromatic ring is 1. The second kappa shape index (κ2) is 5.84. The fourth-order valence-corrected chi connectivity index (χ4v) is 1.94. The van der Waals surface area contributed by atoms with Crippen molar-refractivity contribution in [2.45, 2.75) is 32.8 Å². The molecule has 0 aliphatic heterocycles. The summed E-state index contributed by atoms with van der Waals surface area (Å²) < 4.78 is 0. The monoisotopic (exact) mass is 260 g/mol. The van der Waals surface area contributed by atoms with E-state index in [4.69, 9.17) is 5.73 Å². The van der Waals surface area contributed by atoms with E-state index in [-0.39, 0.29) is 5.95 Å². The topological polar surface area (TPSA) is 84.1 Å². The van der Waals surface area contributed by atoms with Gasteiger partial charge in [-0.2, -0.15) is 4.98 Å². The molecule has 5 nitrogen and oxygen atoms in total. The smallest absolute Gasteiger partial charge is 0.222 e. The molecule has 1 aromatic carbocycles. The average molecular weight is 260 g/mol. The van der Waals surface area contributed by atoms with Gasteiger partial charge < -0.3 is 16.2 Å². The van der Waals surface area contributed by atoms with E-state index >= 15 is 0 Å². The van der Waals surface area contributed by atoms with Crippen molar-refractivity contribution in [3.8, 4) is 0 Å². The summed E-state index contributed by atoms with van der Waals surface area (Å²) in [4.78, 5) is 8.46. The van der Waals surface area contributed by atoms with E-state index in [0.29, 0.717) is 0 Å². The van der Waals surface area contributed by atoms with Crippen molar-refractivity contribution in [3.05, 3.63) is 23.8 Å². The highest BCUT2D eigenvalue weighted by atomic mass is 16.3. The summed E-state index contributed by atoms with van der Waals surface area (Å²) >= 11 is 0. The highest BCUT2D eigenvalue weighted by Crippen LogP contribution is 2.25. The molecule has 0 spiro atoms. The molecule has 1 heterocycles. The van der Waals surface area contributed by atoms with Crippen LogP contribution >= 0.6 is 0 Å². The summed E-state index contributed by atoms with van der Waals surface area (Å²) in [6.45, 7) is 4.73. The Hall–Kier alpha value is -1.88. The van der Waals surface area contributed by atoms with Crippen LogP contribution in [0.25, 0.3) is 10.9 Å². The number of aliphatic hydroxyl groups is 1. The minimum atomic E-state index is -0.509. The van der Waals surface area contributed by atoms with Gasteiger partial charge in [0.25, 0.3) is 0 Å². The molecule has 2 rings (SSSR count). The summed E-state index contributed by atoms with van der Waals surface area (Å²) in [5.41, 5.74) is 7.35.